The van der Waals surface area contributed by atoms with Gasteiger partial charge in [0.2, 0.25) is 5.91 Å². The number of carbonyl (C=O) groups is 1. The van der Waals surface area contributed by atoms with Gasteiger partial charge in [-0.1, -0.05) is 25.5 Å². The molecular formula is C13H24N2O. The third kappa shape index (κ3) is 3.63. The van der Waals surface area contributed by atoms with E-state index in [9.17, 15) is 4.79 Å². The van der Waals surface area contributed by atoms with E-state index >= 15 is 0 Å². The Balaban J connectivity index is 2.49. The number of piperidine rings is 1. The van der Waals surface area contributed by atoms with Crippen LogP contribution in [0, 0.1) is 5.41 Å². The zero-order chi connectivity index (χ0) is 12.2. The van der Waals surface area contributed by atoms with Gasteiger partial charge in [-0.05, 0) is 38.6 Å². The lowest BCUT2D eigenvalue weighted by Crippen LogP contribution is -2.55. The maximum atomic E-state index is 12.0. The van der Waals surface area contributed by atoms with Crippen molar-refractivity contribution in [2.75, 3.05) is 13.1 Å². The molecule has 2 N–H and O–H groups in total. The molecule has 92 valence electrons. The van der Waals surface area contributed by atoms with Crippen molar-refractivity contribution in [3.63, 3.8) is 0 Å². The third-order valence-electron chi connectivity index (χ3n) is 3.18. The van der Waals surface area contributed by atoms with Gasteiger partial charge < -0.3 is 10.6 Å². The Hall–Kier alpha value is -0.830. The Morgan fingerprint density at radius 1 is 1.50 bits per heavy atom. The molecule has 1 saturated heterocycles. The molecular weight excluding hydrogens is 200 g/mol. The van der Waals surface area contributed by atoms with E-state index in [1.807, 2.05) is 19.9 Å². The molecule has 1 unspecified atom stereocenters. The molecule has 0 aliphatic carbocycles. The van der Waals surface area contributed by atoms with Crippen LogP contribution in [0.5, 0.6) is 0 Å². The molecule has 1 rings (SSSR count). The first-order valence-corrected chi connectivity index (χ1v) is 6.08. The van der Waals surface area contributed by atoms with E-state index in [2.05, 4.69) is 24.5 Å². The lowest BCUT2D eigenvalue weighted by Gasteiger charge is -2.38. The number of hydrogen-bond acceptors (Lipinski definition) is 2. The molecule has 3 nitrogen and oxygen atoms in total. The van der Waals surface area contributed by atoms with Crippen molar-refractivity contribution in [2.24, 2.45) is 5.41 Å². The Bertz CT molecular complexity index is 278. The quantitative estimate of drug-likeness (QED) is 0.718. The van der Waals surface area contributed by atoms with Crippen LogP contribution in [0.1, 0.15) is 40.5 Å². The molecule has 1 atom stereocenters. The molecule has 0 spiro atoms. The Morgan fingerprint density at radius 3 is 2.75 bits per heavy atom. The first-order chi connectivity index (χ1) is 7.43. The first-order valence-electron chi connectivity index (χ1n) is 6.08. The zero-order valence-corrected chi connectivity index (χ0v) is 10.9. The molecule has 1 aliphatic rings. The van der Waals surface area contributed by atoms with Crippen molar-refractivity contribution in [1.29, 1.82) is 0 Å². The van der Waals surface area contributed by atoms with Crippen molar-refractivity contribution >= 4 is 5.91 Å². The van der Waals surface area contributed by atoms with Crippen LogP contribution in [-0.4, -0.2) is 25.0 Å². The molecule has 1 heterocycles. The summed E-state index contributed by atoms with van der Waals surface area (Å²) in [5, 5.41) is 6.28. The summed E-state index contributed by atoms with van der Waals surface area (Å²) in [6, 6.07) is -0.0492. The highest BCUT2D eigenvalue weighted by atomic mass is 16.2. The molecule has 0 bridgehead atoms. The normalized spacial score (nSPS) is 23.6. The summed E-state index contributed by atoms with van der Waals surface area (Å²) in [6.45, 7) is 9.97. The Kier molecular flexibility index (Phi) is 4.54. The largest absolute Gasteiger partial charge is 0.351 e. The highest BCUT2D eigenvalue weighted by Crippen LogP contribution is 2.29. The SMILES string of the molecule is CC(C)=CCNC(=O)C1NCCCC1(C)C. The average Bonchev–Trinajstić information content (AvgIpc) is 2.16. The van der Waals surface area contributed by atoms with E-state index in [-0.39, 0.29) is 17.4 Å². The predicted octanol–water partition coefficient (Wildman–Crippen LogP) is 1.85. The van der Waals surface area contributed by atoms with Crippen molar-refractivity contribution < 1.29 is 4.79 Å². The standard InChI is InChI=1S/C13H24N2O/c1-10(2)6-9-15-12(16)11-13(3,4)7-5-8-14-11/h6,11,14H,5,7-9H2,1-4H3,(H,15,16). The highest BCUT2D eigenvalue weighted by molar-refractivity contribution is 5.82. The molecule has 1 amide bonds. The fraction of sp³-hybridized carbons (Fsp3) is 0.769. The molecule has 1 aliphatic heterocycles. The molecule has 0 aromatic carbocycles. The van der Waals surface area contributed by atoms with Crippen molar-refractivity contribution in [3.8, 4) is 0 Å². The molecule has 1 fully saturated rings. The van der Waals surface area contributed by atoms with E-state index in [0.717, 1.165) is 19.4 Å². The van der Waals surface area contributed by atoms with Gasteiger partial charge in [0.15, 0.2) is 0 Å². The van der Waals surface area contributed by atoms with E-state index in [0.29, 0.717) is 6.54 Å². The zero-order valence-electron chi connectivity index (χ0n) is 10.9. The minimum Gasteiger partial charge on any atom is -0.351 e. The van der Waals surface area contributed by atoms with Gasteiger partial charge in [-0.2, -0.15) is 0 Å². The maximum absolute atomic E-state index is 12.0. The van der Waals surface area contributed by atoms with Crippen LogP contribution in [0.4, 0.5) is 0 Å². The number of carbonyl (C=O) groups excluding carboxylic acids is 1. The highest BCUT2D eigenvalue weighted by Gasteiger charge is 2.36. The predicted molar refractivity (Wildman–Crippen MR) is 67.2 cm³/mol. The molecule has 0 saturated carbocycles. The second kappa shape index (κ2) is 5.48. The van der Waals surface area contributed by atoms with Crippen LogP contribution in [0.3, 0.4) is 0 Å². The van der Waals surface area contributed by atoms with Crippen LogP contribution >= 0.6 is 0 Å². The van der Waals surface area contributed by atoms with Crippen LogP contribution in [-0.2, 0) is 4.79 Å². The topological polar surface area (TPSA) is 41.1 Å². The van der Waals surface area contributed by atoms with Gasteiger partial charge in [0.1, 0.15) is 0 Å². The lowest BCUT2D eigenvalue weighted by atomic mass is 9.77. The van der Waals surface area contributed by atoms with Gasteiger partial charge in [-0.15, -0.1) is 0 Å². The number of hydrogen-bond donors (Lipinski definition) is 2. The number of amides is 1. The summed E-state index contributed by atoms with van der Waals surface area (Å²) in [7, 11) is 0. The summed E-state index contributed by atoms with van der Waals surface area (Å²) >= 11 is 0. The second-order valence-electron chi connectivity index (χ2n) is 5.51. The third-order valence-corrected chi connectivity index (χ3v) is 3.18. The maximum Gasteiger partial charge on any atom is 0.237 e. The van der Waals surface area contributed by atoms with Gasteiger partial charge in [0, 0.05) is 6.54 Å². The van der Waals surface area contributed by atoms with Gasteiger partial charge in [-0.3, -0.25) is 4.79 Å². The van der Waals surface area contributed by atoms with Crippen molar-refractivity contribution in [3.05, 3.63) is 11.6 Å². The molecule has 0 radical (unpaired) electrons. The summed E-state index contributed by atoms with van der Waals surface area (Å²) in [4.78, 5) is 12.0. The van der Waals surface area contributed by atoms with Crippen LogP contribution in [0.25, 0.3) is 0 Å². The minimum atomic E-state index is -0.0492. The van der Waals surface area contributed by atoms with Crippen LogP contribution < -0.4 is 10.6 Å². The van der Waals surface area contributed by atoms with Crippen molar-refractivity contribution in [2.45, 2.75) is 46.6 Å². The van der Waals surface area contributed by atoms with Crippen molar-refractivity contribution in [1.82, 2.24) is 10.6 Å². The minimum absolute atomic E-state index is 0.0492. The summed E-state index contributed by atoms with van der Waals surface area (Å²) in [5.41, 5.74) is 1.30. The van der Waals surface area contributed by atoms with E-state index in [1.165, 1.54) is 5.57 Å². The lowest BCUT2D eigenvalue weighted by molar-refractivity contribution is -0.126. The molecule has 0 aromatic rings. The monoisotopic (exact) mass is 224 g/mol. The Labute approximate surface area is 98.7 Å². The van der Waals surface area contributed by atoms with E-state index < -0.39 is 0 Å². The fourth-order valence-electron chi connectivity index (χ4n) is 2.12. The van der Waals surface area contributed by atoms with Gasteiger partial charge in [0.25, 0.3) is 0 Å². The summed E-state index contributed by atoms with van der Waals surface area (Å²) in [5.74, 6) is 0.127. The number of rotatable bonds is 3. The fourth-order valence-corrected chi connectivity index (χ4v) is 2.12. The molecule has 3 heteroatoms. The second-order valence-corrected chi connectivity index (χ2v) is 5.51. The van der Waals surface area contributed by atoms with E-state index in [1.54, 1.807) is 0 Å². The number of allylic oxidation sites excluding steroid dienone is 1. The summed E-state index contributed by atoms with van der Waals surface area (Å²) in [6.07, 6.45) is 4.30. The average molecular weight is 224 g/mol. The first kappa shape index (κ1) is 13.2. The summed E-state index contributed by atoms with van der Waals surface area (Å²) < 4.78 is 0. The number of nitrogens with one attached hydrogen (secondary N) is 2. The smallest absolute Gasteiger partial charge is 0.237 e. The van der Waals surface area contributed by atoms with E-state index in [4.69, 9.17) is 0 Å². The van der Waals surface area contributed by atoms with Gasteiger partial charge in [0.05, 0.1) is 6.04 Å². The van der Waals surface area contributed by atoms with Crippen LogP contribution in [0.15, 0.2) is 11.6 Å². The van der Waals surface area contributed by atoms with Gasteiger partial charge >= 0.3 is 0 Å². The van der Waals surface area contributed by atoms with Crippen LogP contribution in [0.2, 0.25) is 0 Å². The van der Waals surface area contributed by atoms with Gasteiger partial charge in [-0.25, -0.2) is 0 Å². The Morgan fingerprint density at radius 2 is 2.19 bits per heavy atom. The molecule has 0 aromatic heterocycles. The molecule has 16 heavy (non-hydrogen) atoms.